The van der Waals surface area contributed by atoms with Gasteiger partial charge in [0.2, 0.25) is 0 Å². The highest BCUT2D eigenvalue weighted by Crippen LogP contribution is 2.22. The van der Waals surface area contributed by atoms with Gasteiger partial charge in [0, 0.05) is 19.1 Å². The number of fused-ring (bicyclic) bond motifs is 1. The Balaban J connectivity index is 1.77. The molecule has 2 N–H and O–H groups in total. The highest BCUT2D eigenvalue weighted by molar-refractivity contribution is 5.80. The van der Waals surface area contributed by atoms with E-state index in [1.807, 2.05) is 0 Å². The Bertz CT molecular complexity index is 434. The number of terminal acetylenes is 1. The van der Waals surface area contributed by atoms with E-state index in [1.54, 1.807) is 0 Å². The van der Waals surface area contributed by atoms with Gasteiger partial charge in [-0.25, -0.2) is 4.79 Å². The molecule has 7 heteroatoms. The monoisotopic (exact) mass is 295 g/mol. The van der Waals surface area contributed by atoms with Crippen LogP contribution in [0.3, 0.4) is 0 Å². The molecule has 21 heavy (non-hydrogen) atoms. The van der Waals surface area contributed by atoms with Crippen molar-refractivity contribution in [2.24, 2.45) is 0 Å². The second kappa shape index (κ2) is 7.29. The number of hydrogen-bond acceptors (Lipinski definition) is 4. The minimum absolute atomic E-state index is 0.0299. The summed E-state index contributed by atoms with van der Waals surface area (Å²) in [6.45, 7) is 2.51. The summed E-state index contributed by atoms with van der Waals surface area (Å²) in [5.41, 5.74) is 0. The fraction of sp³-hybridized carbons (Fsp3) is 0.714. The van der Waals surface area contributed by atoms with Gasteiger partial charge in [0.1, 0.15) is 6.54 Å². The minimum atomic E-state index is -1.09. The van der Waals surface area contributed by atoms with E-state index in [2.05, 4.69) is 16.1 Å². The minimum Gasteiger partial charge on any atom is -0.480 e. The van der Waals surface area contributed by atoms with E-state index in [0.29, 0.717) is 19.2 Å². The topological polar surface area (TPSA) is 82.1 Å². The standard InChI is InChI=1S/C14H21N3O4/c1-2-5-17(9-13(18)19)14(20)15-7-12-8-16-6-3-4-11(16)10-21-12/h1,11-12H,3-10H2,(H,15,20)(H,18,19). The molecule has 0 aliphatic carbocycles. The Labute approximate surface area is 124 Å². The maximum atomic E-state index is 11.9. The Hall–Kier alpha value is -1.78. The lowest BCUT2D eigenvalue weighted by Crippen LogP contribution is -2.52. The Morgan fingerprint density at radius 2 is 2.33 bits per heavy atom. The molecule has 0 saturated carbocycles. The number of nitrogens with one attached hydrogen (secondary N) is 1. The zero-order valence-corrected chi connectivity index (χ0v) is 12.0. The van der Waals surface area contributed by atoms with Crippen LogP contribution in [0.5, 0.6) is 0 Å². The van der Waals surface area contributed by atoms with Gasteiger partial charge in [0.25, 0.3) is 0 Å². The predicted molar refractivity (Wildman–Crippen MR) is 75.8 cm³/mol. The zero-order valence-electron chi connectivity index (χ0n) is 12.0. The molecule has 2 aliphatic heterocycles. The second-order valence-corrected chi connectivity index (χ2v) is 5.39. The molecular formula is C14H21N3O4. The maximum Gasteiger partial charge on any atom is 0.323 e. The van der Waals surface area contributed by atoms with E-state index in [-0.39, 0.29) is 12.6 Å². The fourth-order valence-electron chi connectivity index (χ4n) is 2.80. The average Bonchev–Trinajstić information content (AvgIpc) is 2.91. The van der Waals surface area contributed by atoms with Crippen molar-refractivity contribution in [3.8, 4) is 12.3 Å². The van der Waals surface area contributed by atoms with Crippen LogP contribution in [0.2, 0.25) is 0 Å². The van der Waals surface area contributed by atoms with Gasteiger partial charge in [-0.3, -0.25) is 9.69 Å². The first-order chi connectivity index (χ1) is 10.1. The van der Waals surface area contributed by atoms with Gasteiger partial charge in [-0.2, -0.15) is 0 Å². The first-order valence-corrected chi connectivity index (χ1v) is 7.14. The SMILES string of the molecule is C#CCN(CC(=O)O)C(=O)NCC1CN2CCCC2CO1. The molecule has 2 aliphatic rings. The molecule has 0 bridgehead atoms. The van der Waals surface area contributed by atoms with Crippen molar-refractivity contribution in [3.05, 3.63) is 0 Å². The lowest BCUT2D eigenvalue weighted by molar-refractivity contribution is -0.137. The van der Waals surface area contributed by atoms with E-state index in [9.17, 15) is 9.59 Å². The normalized spacial score (nSPS) is 24.9. The van der Waals surface area contributed by atoms with Crippen molar-refractivity contribution < 1.29 is 19.4 Å². The van der Waals surface area contributed by atoms with Crippen LogP contribution in [0.15, 0.2) is 0 Å². The van der Waals surface area contributed by atoms with Crippen LogP contribution in [-0.4, -0.2) is 78.4 Å². The first-order valence-electron chi connectivity index (χ1n) is 7.14. The number of urea groups is 1. The van der Waals surface area contributed by atoms with Gasteiger partial charge in [-0.1, -0.05) is 5.92 Å². The predicted octanol–water partition coefficient (Wildman–Crippen LogP) is -0.421. The molecule has 0 aromatic carbocycles. The number of amides is 2. The molecule has 2 atom stereocenters. The van der Waals surface area contributed by atoms with Crippen molar-refractivity contribution in [2.75, 3.05) is 39.3 Å². The summed E-state index contributed by atoms with van der Waals surface area (Å²) in [6.07, 6.45) is 7.46. The van der Waals surface area contributed by atoms with Crippen molar-refractivity contribution in [1.82, 2.24) is 15.1 Å². The van der Waals surface area contributed by atoms with E-state index in [0.717, 1.165) is 18.0 Å². The molecule has 0 radical (unpaired) electrons. The van der Waals surface area contributed by atoms with Crippen LogP contribution in [0, 0.1) is 12.3 Å². The number of nitrogens with zero attached hydrogens (tertiary/aromatic N) is 2. The first kappa shape index (κ1) is 15.6. The van der Waals surface area contributed by atoms with Gasteiger partial charge in [0.05, 0.1) is 19.3 Å². The molecule has 2 rings (SSSR count). The van der Waals surface area contributed by atoms with Gasteiger partial charge in [-0.05, 0) is 19.4 Å². The third-order valence-corrected chi connectivity index (χ3v) is 3.84. The van der Waals surface area contributed by atoms with Crippen LogP contribution in [-0.2, 0) is 9.53 Å². The van der Waals surface area contributed by atoms with Crippen LogP contribution in [0.4, 0.5) is 4.79 Å². The number of carbonyl (C=O) groups is 2. The fourth-order valence-corrected chi connectivity index (χ4v) is 2.80. The maximum absolute atomic E-state index is 11.9. The molecule has 0 aromatic heterocycles. The van der Waals surface area contributed by atoms with E-state index in [1.165, 1.54) is 12.8 Å². The van der Waals surface area contributed by atoms with Crippen molar-refractivity contribution in [2.45, 2.75) is 25.0 Å². The van der Waals surface area contributed by atoms with Crippen molar-refractivity contribution in [3.63, 3.8) is 0 Å². The summed E-state index contributed by atoms with van der Waals surface area (Å²) in [4.78, 5) is 26.1. The lowest BCUT2D eigenvalue weighted by Gasteiger charge is -2.35. The number of ether oxygens (including phenoxy) is 1. The van der Waals surface area contributed by atoms with E-state index in [4.69, 9.17) is 16.3 Å². The van der Waals surface area contributed by atoms with Crippen LogP contribution < -0.4 is 5.32 Å². The van der Waals surface area contributed by atoms with Crippen LogP contribution >= 0.6 is 0 Å². The van der Waals surface area contributed by atoms with Crippen LogP contribution in [0.25, 0.3) is 0 Å². The second-order valence-electron chi connectivity index (χ2n) is 5.39. The van der Waals surface area contributed by atoms with Gasteiger partial charge in [-0.15, -0.1) is 6.42 Å². The summed E-state index contributed by atoms with van der Waals surface area (Å²) in [5.74, 6) is 1.20. The Morgan fingerprint density at radius 3 is 3.05 bits per heavy atom. The summed E-state index contributed by atoms with van der Waals surface area (Å²) in [5, 5.41) is 11.5. The van der Waals surface area contributed by atoms with Crippen molar-refractivity contribution >= 4 is 12.0 Å². The third-order valence-electron chi connectivity index (χ3n) is 3.84. The van der Waals surface area contributed by atoms with Gasteiger partial charge in [0.15, 0.2) is 0 Å². The summed E-state index contributed by atoms with van der Waals surface area (Å²) in [7, 11) is 0. The number of morpholine rings is 1. The number of aliphatic carboxylic acids is 1. The third kappa shape index (κ3) is 4.34. The highest BCUT2D eigenvalue weighted by atomic mass is 16.5. The summed E-state index contributed by atoms with van der Waals surface area (Å²) in [6, 6.07) is 0.0457. The molecule has 2 saturated heterocycles. The largest absolute Gasteiger partial charge is 0.480 e. The zero-order chi connectivity index (χ0) is 15.2. The number of carboxylic acids is 1. The quantitative estimate of drug-likeness (QED) is 0.673. The number of rotatable bonds is 5. The molecular weight excluding hydrogens is 274 g/mol. The molecule has 2 unspecified atom stereocenters. The summed E-state index contributed by atoms with van der Waals surface area (Å²) >= 11 is 0. The Kier molecular flexibility index (Phi) is 5.42. The molecule has 116 valence electrons. The van der Waals surface area contributed by atoms with Gasteiger partial charge >= 0.3 is 12.0 Å². The summed E-state index contributed by atoms with van der Waals surface area (Å²) < 4.78 is 5.73. The van der Waals surface area contributed by atoms with Gasteiger partial charge < -0.3 is 20.1 Å². The molecule has 7 nitrogen and oxygen atoms in total. The lowest BCUT2D eigenvalue weighted by atomic mass is 10.2. The number of carbonyl (C=O) groups excluding carboxylic acids is 1. The van der Waals surface area contributed by atoms with E-state index < -0.39 is 18.5 Å². The molecule has 2 fully saturated rings. The molecule has 2 heterocycles. The highest BCUT2D eigenvalue weighted by Gasteiger charge is 2.32. The number of hydrogen-bond donors (Lipinski definition) is 2. The average molecular weight is 295 g/mol. The molecule has 2 amide bonds. The number of carboxylic acid groups (broad SMARTS) is 1. The van der Waals surface area contributed by atoms with E-state index >= 15 is 0 Å². The van der Waals surface area contributed by atoms with Crippen LogP contribution in [0.1, 0.15) is 12.8 Å². The van der Waals surface area contributed by atoms with Crippen molar-refractivity contribution in [1.29, 1.82) is 0 Å². The molecule has 0 spiro atoms. The smallest absolute Gasteiger partial charge is 0.323 e. The molecule has 0 aromatic rings. The Morgan fingerprint density at radius 1 is 1.52 bits per heavy atom.